The molecule has 6 rings (SSSR count). The molecule has 1 radical (unpaired) electrons. The summed E-state index contributed by atoms with van der Waals surface area (Å²) in [5.41, 5.74) is 15.2. The smallest absolute Gasteiger partial charge is 0.0739 e. The number of nitrogens with one attached hydrogen (secondary N) is 2. The van der Waals surface area contributed by atoms with Crippen LogP contribution in [0.5, 0.6) is 0 Å². The van der Waals surface area contributed by atoms with Crippen molar-refractivity contribution in [3.63, 3.8) is 0 Å². The van der Waals surface area contributed by atoms with E-state index < -0.39 is 0 Å². The van der Waals surface area contributed by atoms with Gasteiger partial charge in [-0.2, -0.15) is 0 Å². The average molecular weight is 501 g/mol. The Hall–Kier alpha value is -3.67. The third kappa shape index (κ3) is 3.97. The van der Waals surface area contributed by atoms with Crippen LogP contribution in [0.2, 0.25) is 0 Å². The van der Waals surface area contributed by atoms with Crippen LogP contribution in [0.3, 0.4) is 0 Å². The zero-order chi connectivity index (χ0) is 23.4. The van der Waals surface area contributed by atoms with Gasteiger partial charge < -0.3 is 9.97 Å². The van der Waals surface area contributed by atoms with Crippen molar-refractivity contribution in [2.24, 2.45) is 0 Å². The second-order valence-corrected chi connectivity index (χ2v) is 9.10. The van der Waals surface area contributed by atoms with Crippen LogP contribution < -0.4 is 0 Å². The van der Waals surface area contributed by atoms with Gasteiger partial charge in [-0.15, -0.1) is 0 Å². The zero-order valence-corrected chi connectivity index (χ0v) is 21.2. The number of rotatable bonds is 1. The van der Waals surface area contributed by atoms with Crippen molar-refractivity contribution in [3.05, 3.63) is 107 Å². The number of allylic oxidation sites excluding steroid dienone is 3. The number of aromatic nitrogens is 4. The van der Waals surface area contributed by atoms with Gasteiger partial charge in [-0.05, 0) is 92.4 Å². The molecule has 175 valence electrons. The van der Waals surface area contributed by atoms with Crippen LogP contribution in [0.25, 0.3) is 44.4 Å². The predicted molar refractivity (Wildman–Crippen MR) is 142 cm³/mol. The second kappa shape index (κ2) is 8.84. The molecule has 5 heteroatoms. The Balaban J connectivity index is 0.00000253. The van der Waals surface area contributed by atoms with Crippen molar-refractivity contribution < 1.29 is 16.8 Å². The number of fused-ring (bicyclic) bond motifs is 8. The van der Waals surface area contributed by atoms with E-state index in [9.17, 15) is 0 Å². The first-order valence-corrected chi connectivity index (χ1v) is 11.6. The van der Waals surface area contributed by atoms with Crippen LogP contribution in [0.1, 0.15) is 54.7 Å². The van der Waals surface area contributed by atoms with Gasteiger partial charge in [0, 0.05) is 50.0 Å². The summed E-state index contributed by atoms with van der Waals surface area (Å²) < 4.78 is 0. The normalized spacial score (nSPS) is 13.3. The van der Waals surface area contributed by atoms with Crippen molar-refractivity contribution >= 4 is 44.4 Å². The Morgan fingerprint density at radius 1 is 0.543 bits per heavy atom. The second-order valence-electron chi connectivity index (χ2n) is 9.10. The van der Waals surface area contributed by atoms with E-state index in [0.29, 0.717) is 0 Å². The molecular formula is C30H26CoN4. The number of benzene rings is 1. The van der Waals surface area contributed by atoms with Crippen LogP contribution in [0.15, 0.2) is 72.8 Å². The third-order valence-electron chi connectivity index (χ3n) is 6.88. The number of nitrogens with zero attached hydrogens (tertiary/aromatic N) is 2. The molecule has 0 saturated heterocycles. The standard InChI is InChI=1S/C30H26N4.Co/c1-17-18(2)29-20(4)30-19(3)28(21-8-6-5-7-9-21)27(34-30)16-25-13-11-23(32-25)14-22-10-12-24(31-22)15-26(17)33-29;/h5-16,31-32H,1-4H3;. The first-order valence-electron chi connectivity index (χ1n) is 11.6. The molecule has 2 aliphatic rings. The van der Waals surface area contributed by atoms with Crippen LogP contribution in [0, 0.1) is 6.92 Å². The maximum absolute atomic E-state index is 5.17. The Morgan fingerprint density at radius 2 is 1.06 bits per heavy atom. The predicted octanol–water partition coefficient (Wildman–Crippen LogP) is 7.55. The number of aromatic amines is 2. The van der Waals surface area contributed by atoms with Gasteiger partial charge >= 0.3 is 0 Å². The summed E-state index contributed by atoms with van der Waals surface area (Å²) in [6, 6.07) is 25.3. The third-order valence-corrected chi connectivity index (χ3v) is 6.88. The molecule has 5 heterocycles. The summed E-state index contributed by atoms with van der Waals surface area (Å²) in [6.45, 7) is 8.62. The SMILES string of the molecule is CC1=C(C)c2nc1cc1ccc(cc3ccc(cc4nc(c2C)C(C)=C4c2ccccc2)[nH]3)[nH]1.[Co]. The van der Waals surface area contributed by atoms with Crippen LogP contribution in [-0.4, -0.2) is 19.9 Å². The van der Waals surface area contributed by atoms with E-state index in [0.717, 1.165) is 50.4 Å². The monoisotopic (exact) mass is 501 g/mol. The van der Waals surface area contributed by atoms with Gasteiger partial charge in [-0.25, -0.2) is 9.97 Å². The number of hydrogen-bond acceptors (Lipinski definition) is 2. The molecule has 0 aliphatic carbocycles. The summed E-state index contributed by atoms with van der Waals surface area (Å²) in [5.74, 6) is 0. The molecule has 0 fully saturated rings. The van der Waals surface area contributed by atoms with E-state index in [2.05, 4.69) is 110 Å². The molecule has 0 spiro atoms. The van der Waals surface area contributed by atoms with Crippen molar-refractivity contribution in [1.82, 2.24) is 19.9 Å². The molecule has 8 bridgehead atoms. The van der Waals surface area contributed by atoms with Crippen molar-refractivity contribution in [2.45, 2.75) is 27.7 Å². The Labute approximate surface area is 215 Å². The van der Waals surface area contributed by atoms with Gasteiger partial charge in [0.25, 0.3) is 0 Å². The number of hydrogen-bond donors (Lipinski definition) is 2. The van der Waals surface area contributed by atoms with Gasteiger partial charge in [-0.3, -0.25) is 0 Å². The minimum atomic E-state index is 0. The molecule has 0 amide bonds. The first-order chi connectivity index (χ1) is 16.5. The van der Waals surface area contributed by atoms with Gasteiger partial charge in [-0.1, -0.05) is 30.3 Å². The molecule has 2 aliphatic heterocycles. The van der Waals surface area contributed by atoms with Crippen LogP contribution in [0.4, 0.5) is 0 Å². The molecule has 0 unspecified atom stereocenters. The van der Waals surface area contributed by atoms with Gasteiger partial charge in [0.2, 0.25) is 0 Å². The first kappa shape index (κ1) is 23.1. The Morgan fingerprint density at radius 3 is 1.69 bits per heavy atom. The topological polar surface area (TPSA) is 57.4 Å². The van der Waals surface area contributed by atoms with Crippen molar-refractivity contribution in [2.75, 3.05) is 0 Å². The minimum Gasteiger partial charge on any atom is -0.355 e. The molecule has 0 saturated carbocycles. The summed E-state index contributed by atoms with van der Waals surface area (Å²) >= 11 is 0. The van der Waals surface area contributed by atoms with Crippen LogP contribution in [-0.2, 0) is 16.8 Å². The molecule has 4 nitrogen and oxygen atoms in total. The summed E-state index contributed by atoms with van der Waals surface area (Å²) in [4.78, 5) is 17.2. The van der Waals surface area contributed by atoms with Gasteiger partial charge in [0.15, 0.2) is 0 Å². The van der Waals surface area contributed by atoms with E-state index in [1.165, 1.54) is 27.9 Å². The fourth-order valence-corrected chi connectivity index (χ4v) is 4.94. The fraction of sp³-hybridized carbons (Fsp3) is 0.133. The Kier molecular flexibility index (Phi) is 5.83. The van der Waals surface area contributed by atoms with Gasteiger partial charge in [0.05, 0.1) is 22.8 Å². The minimum absolute atomic E-state index is 0. The van der Waals surface area contributed by atoms with E-state index in [-0.39, 0.29) is 16.8 Å². The molecular weight excluding hydrogens is 475 g/mol. The van der Waals surface area contributed by atoms with Crippen molar-refractivity contribution in [1.29, 1.82) is 0 Å². The molecule has 0 atom stereocenters. The number of H-pyrrole nitrogens is 2. The molecule has 35 heavy (non-hydrogen) atoms. The average Bonchev–Trinajstić information content (AvgIpc) is 3.59. The van der Waals surface area contributed by atoms with Crippen LogP contribution >= 0.6 is 0 Å². The Bertz CT molecular complexity index is 1680. The summed E-state index contributed by atoms with van der Waals surface area (Å²) in [5, 5.41) is 0. The molecule has 2 N–H and O–H groups in total. The molecule has 3 aromatic heterocycles. The van der Waals surface area contributed by atoms with Gasteiger partial charge in [0.1, 0.15) is 0 Å². The molecule has 1 aromatic carbocycles. The fourth-order valence-electron chi connectivity index (χ4n) is 4.94. The zero-order valence-electron chi connectivity index (χ0n) is 20.2. The summed E-state index contributed by atoms with van der Waals surface area (Å²) in [6.07, 6.45) is 0. The van der Waals surface area contributed by atoms with Crippen molar-refractivity contribution in [3.8, 4) is 0 Å². The van der Waals surface area contributed by atoms with E-state index in [4.69, 9.17) is 9.97 Å². The molecule has 4 aromatic rings. The largest absolute Gasteiger partial charge is 0.355 e. The maximum atomic E-state index is 5.17. The summed E-state index contributed by atoms with van der Waals surface area (Å²) in [7, 11) is 0. The maximum Gasteiger partial charge on any atom is 0.0739 e. The quantitative estimate of drug-likeness (QED) is 0.283. The van der Waals surface area contributed by atoms with E-state index in [1.54, 1.807) is 0 Å². The van der Waals surface area contributed by atoms with E-state index in [1.807, 2.05) is 0 Å². The van der Waals surface area contributed by atoms with E-state index >= 15 is 0 Å².